The van der Waals surface area contributed by atoms with Crippen molar-refractivity contribution in [3.05, 3.63) is 65.7 Å². The van der Waals surface area contributed by atoms with Crippen molar-refractivity contribution < 1.29 is 9.53 Å². The van der Waals surface area contributed by atoms with E-state index in [0.717, 1.165) is 16.8 Å². The molecule has 0 radical (unpaired) electrons. The molecule has 0 heterocycles. The van der Waals surface area contributed by atoms with Gasteiger partial charge >= 0.3 is 0 Å². The number of carbonyl (C=O) groups is 1. The van der Waals surface area contributed by atoms with Gasteiger partial charge in [-0.15, -0.1) is 0 Å². The SMILES string of the molecule is CN(Cc1ccc(N(C)C)cc1)C(=O)COCc1ccccc1. The maximum atomic E-state index is 12.1. The first-order valence-electron chi connectivity index (χ1n) is 7.68. The molecule has 0 saturated carbocycles. The van der Waals surface area contributed by atoms with E-state index in [9.17, 15) is 4.79 Å². The van der Waals surface area contributed by atoms with Crippen LogP contribution in [0.15, 0.2) is 54.6 Å². The predicted octanol–water partition coefficient (Wildman–Crippen LogP) is 2.93. The van der Waals surface area contributed by atoms with Gasteiger partial charge in [0.15, 0.2) is 0 Å². The molecule has 0 N–H and O–H groups in total. The third-order valence-electron chi connectivity index (χ3n) is 3.64. The van der Waals surface area contributed by atoms with Crippen LogP contribution in [-0.2, 0) is 22.7 Å². The van der Waals surface area contributed by atoms with Gasteiger partial charge in [0.05, 0.1) is 6.61 Å². The molecule has 2 aromatic rings. The number of ether oxygens (including phenoxy) is 1. The molecule has 0 aliphatic carbocycles. The summed E-state index contributed by atoms with van der Waals surface area (Å²) in [4.78, 5) is 15.8. The lowest BCUT2D eigenvalue weighted by molar-refractivity contribution is -0.135. The van der Waals surface area contributed by atoms with Gasteiger partial charge in [-0.2, -0.15) is 0 Å². The molecule has 2 rings (SSSR count). The van der Waals surface area contributed by atoms with Gasteiger partial charge in [-0.25, -0.2) is 0 Å². The Morgan fingerprint density at radius 2 is 1.57 bits per heavy atom. The van der Waals surface area contributed by atoms with E-state index in [1.807, 2.05) is 56.6 Å². The number of nitrogens with zero attached hydrogens (tertiary/aromatic N) is 2. The van der Waals surface area contributed by atoms with Crippen LogP contribution in [0.2, 0.25) is 0 Å². The summed E-state index contributed by atoms with van der Waals surface area (Å²) in [6.45, 7) is 1.14. The fraction of sp³-hybridized carbons (Fsp3) is 0.316. The molecule has 0 aromatic heterocycles. The molecular formula is C19H24N2O2. The highest BCUT2D eigenvalue weighted by Gasteiger charge is 2.09. The zero-order valence-corrected chi connectivity index (χ0v) is 14.0. The molecule has 2 aromatic carbocycles. The summed E-state index contributed by atoms with van der Waals surface area (Å²) in [5, 5.41) is 0. The van der Waals surface area contributed by atoms with Crippen LogP contribution in [0.5, 0.6) is 0 Å². The number of rotatable bonds is 7. The minimum Gasteiger partial charge on any atom is -0.378 e. The predicted molar refractivity (Wildman–Crippen MR) is 93.3 cm³/mol. The molecule has 0 fully saturated rings. The van der Waals surface area contributed by atoms with E-state index in [2.05, 4.69) is 17.0 Å². The van der Waals surface area contributed by atoms with Gasteiger partial charge in [-0.3, -0.25) is 4.79 Å². The molecule has 23 heavy (non-hydrogen) atoms. The number of hydrogen-bond acceptors (Lipinski definition) is 3. The Morgan fingerprint density at radius 3 is 2.17 bits per heavy atom. The van der Waals surface area contributed by atoms with E-state index in [-0.39, 0.29) is 12.5 Å². The second-order valence-corrected chi connectivity index (χ2v) is 5.79. The molecule has 122 valence electrons. The van der Waals surface area contributed by atoms with E-state index >= 15 is 0 Å². The van der Waals surface area contributed by atoms with Crippen LogP contribution in [0.3, 0.4) is 0 Å². The van der Waals surface area contributed by atoms with Crippen molar-refractivity contribution in [2.45, 2.75) is 13.2 Å². The summed E-state index contributed by atoms with van der Waals surface area (Å²) in [6, 6.07) is 18.1. The number of likely N-dealkylation sites (N-methyl/N-ethyl adjacent to an activating group) is 1. The van der Waals surface area contributed by atoms with Crippen molar-refractivity contribution in [1.29, 1.82) is 0 Å². The van der Waals surface area contributed by atoms with Crippen LogP contribution >= 0.6 is 0 Å². The van der Waals surface area contributed by atoms with Gasteiger partial charge in [-0.1, -0.05) is 42.5 Å². The van der Waals surface area contributed by atoms with Crippen molar-refractivity contribution in [2.75, 3.05) is 32.6 Å². The van der Waals surface area contributed by atoms with Gasteiger partial charge in [0.2, 0.25) is 5.91 Å². The lowest BCUT2D eigenvalue weighted by atomic mass is 10.2. The van der Waals surface area contributed by atoms with E-state index < -0.39 is 0 Å². The number of amides is 1. The molecule has 0 bridgehead atoms. The minimum atomic E-state index is -0.0161. The summed E-state index contributed by atoms with van der Waals surface area (Å²) >= 11 is 0. The van der Waals surface area contributed by atoms with Gasteiger partial charge < -0.3 is 14.5 Å². The zero-order valence-electron chi connectivity index (χ0n) is 14.0. The average Bonchev–Trinajstić information content (AvgIpc) is 2.56. The second kappa shape index (κ2) is 8.34. The summed E-state index contributed by atoms with van der Waals surface area (Å²) in [5.74, 6) is -0.0161. The zero-order chi connectivity index (χ0) is 16.7. The smallest absolute Gasteiger partial charge is 0.248 e. The number of carbonyl (C=O) groups excluding carboxylic acids is 1. The maximum Gasteiger partial charge on any atom is 0.248 e. The molecule has 1 amide bonds. The van der Waals surface area contributed by atoms with Crippen LogP contribution in [0, 0.1) is 0 Å². The largest absolute Gasteiger partial charge is 0.378 e. The van der Waals surface area contributed by atoms with Crippen molar-refractivity contribution in [3.63, 3.8) is 0 Å². The third kappa shape index (κ3) is 5.42. The monoisotopic (exact) mass is 312 g/mol. The lowest BCUT2D eigenvalue weighted by Crippen LogP contribution is -2.29. The molecule has 0 unspecified atom stereocenters. The van der Waals surface area contributed by atoms with Crippen LogP contribution in [0.4, 0.5) is 5.69 Å². The molecule has 0 aliphatic heterocycles. The average molecular weight is 312 g/mol. The Kier molecular flexibility index (Phi) is 6.18. The van der Waals surface area contributed by atoms with Crippen molar-refractivity contribution >= 4 is 11.6 Å². The third-order valence-corrected chi connectivity index (χ3v) is 3.64. The molecule has 4 nitrogen and oxygen atoms in total. The Morgan fingerprint density at radius 1 is 0.913 bits per heavy atom. The van der Waals surface area contributed by atoms with Gasteiger partial charge in [0, 0.05) is 33.4 Å². The first-order valence-corrected chi connectivity index (χ1v) is 7.68. The summed E-state index contributed by atoms with van der Waals surface area (Å²) in [7, 11) is 5.82. The highest BCUT2D eigenvalue weighted by molar-refractivity contribution is 5.77. The molecule has 0 spiro atoms. The maximum absolute atomic E-state index is 12.1. The van der Waals surface area contributed by atoms with E-state index in [0.29, 0.717) is 13.2 Å². The Bertz CT molecular complexity index is 609. The topological polar surface area (TPSA) is 32.8 Å². The van der Waals surface area contributed by atoms with E-state index in [1.165, 1.54) is 0 Å². The first kappa shape index (κ1) is 17.0. The normalized spacial score (nSPS) is 10.4. The summed E-state index contributed by atoms with van der Waals surface area (Å²) < 4.78 is 5.49. The molecule has 0 atom stereocenters. The van der Waals surface area contributed by atoms with Gasteiger partial charge in [0.25, 0.3) is 0 Å². The lowest BCUT2D eigenvalue weighted by Gasteiger charge is -2.18. The molecule has 0 saturated heterocycles. The minimum absolute atomic E-state index is 0.0161. The van der Waals surface area contributed by atoms with Gasteiger partial charge in [-0.05, 0) is 23.3 Å². The van der Waals surface area contributed by atoms with Crippen molar-refractivity contribution in [2.24, 2.45) is 0 Å². The van der Waals surface area contributed by atoms with Crippen molar-refractivity contribution in [1.82, 2.24) is 4.90 Å². The quantitative estimate of drug-likeness (QED) is 0.788. The molecule has 0 aliphatic rings. The number of hydrogen-bond donors (Lipinski definition) is 0. The van der Waals surface area contributed by atoms with Crippen LogP contribution in [-0.4, -0.2) is 38.6 Å². The molecule has 4 heteroatoms. The summed E-state index contributed by atoms with van der Waals surface area (Å²) in [5.41, 5.74) is 3.32. The van der Waals surface area contributed by atoms with Crippen LogP contribution in [0.1, 0.15) is 11.1 Å². The fourth-order valence-electron chi connectivity index (χ4n) is 2.20. The standard InChI is InChI=1S/C19H24N2O2/c1-20(2)18-11-9-16(10-12-18)13-21(3)19(22)15-23-14-17-7-5-4-6-8-17/h4-12H,13-15H2,1-3H3. The summed E-state index contributed by atoms with van der Waals surface area (Å²) in [6.07, 6.45) is 0. The van der Waals surface area contributed by atoms with E-state index in [1.54, 1.807) is 11.9 Å². The van der Waals surface area contributed by atoms with Crippen molar-refractivity contribution in [3.8, 4) is 0 Å². The fourth-order valence-corrected chi connectivity index (χ4v) is 2.20. The van der Waals surface area contributed by atoms with E-state index in [4.69, 9.17) is 4.74 Å². The highest BCUT2D eigenvalue weighted by atomic mass is 16.5. The Balaban J connectivity index is 1.78. The second-order valence-electron chi connectivity index (χ2n) is 5.79. The van der Waals surface area contributed by atoms with Crippen LogP contribution < -0.4 is 4.90 Å². The van der Waals surface area contributed by atoms with Gasteiger partial charge in [0.1, 0.15) is 6.61 Å². The van der Waals surface area contributed by atoms with Crippen LogP contribution in [0.25, 0.3) is 0 Å². The number of anilines is 1. The number of benzene rings is 2. The Labute approximate surface area is 138 Å². The first-order chi connectivity index (χ1) is 11.1. The molecular weight excluding hydrogens is 288 g/mol. The highest BCUT2D eigenvalue weighted by Crippen LogP contribution is 2.13. The Hall–Kier alpha value is -2.33.